The van der Waals surface area contributed by atoms with E-state index >= 15 is 0 Å². The SMILES string of the molecule is CCCCCCCS(=O)(=O)C(=[N+]=[N-])S(=O)(=O)CCCCCCC. The maximum absolute atomic E-state index is 12.1. The average Bonchev–Trinajstić information content (AvgIpc) is 2.46. The summed E-state index contributed by atoms with van der Waals surface area (Å²) in [6.45, 7) is 4.11. The molecule has 0 aliphatic heterocycles. The Hall–Kier alpha value is -0.720. The van der Waals surface area contributed by atoms with Crippen LogP contribution in [0.15, 0.2) is 0 Å². The molecule has 0 fully saturated rings. The highest BCUT2D eigenvalue weighted by Gasteiger charge is 2.40. The predicted octanol–water partition coefficient (Wildman–Crippen LogP) is 3.34. The van der Waals surface area contributed by atoms with Crippen LogP contribution in [0, 0.1) is 0 Å². The normalized spacial score (nSPS) is 12.1. The van der Waals surface area contributed by atoms with Crippen LogP contribution in [0.1, 0.15) is 78.1 Å². The van der Waals surface area contributed by atoms with Crippen LogP contribution in [0.3, 0.4) is 0 Å². The Kier molecular flexibility index (Phi) is 11.4. The van der Waals surface area contributed by atoms with Crippen LogP contribution < -0.4 is 0 Å². The largest absolute Gasteiger partial charge is 0.495 e. The third-order valence-corrected chi connectivity index (χ3v) is 8.05. The molecule has 23 heavy (non-hydrogen) atoms. The first-order valence-electron chi connectivity index (χ1n) is 8.49. The smallest absolute Gasteiger partial charge is 0.359 e. The Labute approximate surface area is 141 Å². The van der Waals surface area contributed by atoms with Crippen LogP contribution in [0.25, 0.3) is 5.53 Å². The first kappa shape index (κ1) is 22.3. The highest BCUT2D eigenvalue weighted by atomic mass is 32.3. The molecule has 0 radical (unpaired) electrons. The van der Waals surface area contributed by atoms with Crippen molar-refractivity contribution in [3.63, 3.8) is 0 Å². The fraction of sp³-hybridized carbons (Fsp3) is 0.933. The van der Waals surface area contributed by atoms with Gasteiger partial charge in [-0.2, -0.15) is 0 Å². The molecule has 0 rings (SSSR count). The van der Waals surface area contributed by atoms with Gasteiger partial charge in [0.05, 0.1) is 11.5 Å². The maximum atomic E-state index is 12.1. The fourth-order valence-corrected chi connectivity index (χ4v) is 6.10. The zero-order valence-electron chi connectivity index (χ0n) is 14.3. The quantitative estimate of drug-likeness (QED) is 0.174. The van der Waals surface area contributed by atoms with Gasteiger partial charge >= 0.3 is 4.38 Å². The van der Waals surface area contributed by atoms with Crippen LogP contribution >= 0.6 is 0 Å². The van der Waals surface area contributed by atoms with E-state index in [0.717, 1.165) is 51.4 Å². The van der Waals surface area contributed by atoms with Gasteiger partial charge in [0, 0.05) is 0 Å². The minimum Gasteiger partial charge on any atom is -0.359 e. The number of sulfone groups is 2. The number of hydrogen-bond acceptors (Lipinski definition) is 4. The minimum absolute atomic E-state index is 0.287. The molecule has 0 unspecified atom stereocenters. The fourth-order valence-electron chi connectivity index (χ4n) is 2.28. The molecular weight excluding hydrogens is 336 g/mol. The lowest BCUT2D eigenvalue weighted by molar-refractivity contribution is 0.00380. The second kappa shape index (κ2) is 11.8. The van der Waals surface area contributed by atoms with Crippen molar-refractivity contribution in [1.29, 1.82) is 0 Å². The van der Waals surface area contributed by atoms with E-state index in [2.05, 4.69) is 18.6 Å². The second-order valence-corrected chi connectivity index (χ2v) is 10.1. The van der Waals surface area contributed by atoms with Gasteiger partial charge in [-0.3, -0.25) is 0 Å². The minimum atomic E-state index is -4.05. The second-order valence-electron chi connectivity index (χ2n) is 5.83. The number of nitrogens with zero attached hydrogens (tertiary/aromatic N) is 2. The van der Waals surface area contributed by atoms with E-state index in [1.54, 1.807) is 0 Å². The summed E-state index contributed by atoms with van der Waals surface area (Å²) in [6, 6.07) is 0. The van der Waals surface area contributed by atoms with E-state index in [1.807, 2.05) is 0 Å². The standard InChI is InChI=1S/C15H30N2O4S2/c1-3-5-7-9-11-13-22(18,19)15(17-16)23(20,21)14-12-10-8-6-4-2/h3-14H2,1-2H3. The van der Waals surface area contributed by atoms with Crippen LogP contribution in [0.2, 0.25) is 0 Å². The summed E-state index contributed by atoms with van der Waals surface area (Å²) in [5.41, 5.74) is 8.91. The van der Waals surface area contributed by atoms with Crippen LogP contribution in [0.5, 0.6) is 0 Å². The Morgan fingerprint density at radius 3 is 1.35 bits per heavy atom. The molecule has 0 saturated heterocycles. The summed E-state index contributed by atoms with van der Waals surface area (Å²) >= 11 is 0. The molecule has 0 atom stereocenters. The number of rotatable bonds is 12. The molecule has 0 aromatic carbocycles. The van der Waals surface area contributed by atoms with E-state index in [9.17, 15) is 16.8 Å². The Balaban J connectivity index is 4.61. The molecule has 8 heteroatoms. The summed E-state index contributed by atoms with van der Waals surface area (Å²) in [4.78, 5) is 2.60. The average molecular weight is 367 g/mol. The number of unbranched alkanes of at least 4 members (excludes halogenated alkanes) is 8. The molecule has 6 nitrogen and oxygen atoms in total. The van der Waals surface area contributed by atoms with Gasteiger partial charge in [0.15, 0.2) is 0 Å². The maximum Gasteiger partial charge on any atom is 0.495 e. The molecule has 136 valence electrons. The molecule has 0 heterocycles. The predicted molar refractivity (Wildman–Crippen MR) is 93.7 cm³/mol. The van der Waals surface area contributed by atoms with E-state index < -0.39 is 24.1 Å². The molecule has 0 bridgehead atoms. The van der Waals surface area contributed by atoms with Crippen molar-refractivity contribution >= 4 is 24.1 Å². The van der Waals surface area contributed by atoms with E-state index in [4.69, 9.17) is 5.53 Å². The molecule has 0 aliphatic rings. The van der Waals surface area contributed by atoms with E-state index in [0.29, 0.717) is 12.8 Å². The van der Waals surface area contributed by atoms with Crippen molar-refractivity contribution in [3.8, 4) is 0 Å². The Morgan fingerprint density at radius 2 is 1.04 bits per heavy atom. The third kappa shape index (κ3) is 9.23. The van der Waals surface area contributed by atoms with Gasteiger partial charge in [0.25, 0.3) is 19.7 Å². The summed E-state index contributed by atoms with van der Waals surface area (Å²) in [7, 11) is -8.11. The molecule has 0 saturated carbocycles. The van der Waals surface area contributed by atoms with Gasteiger partial charge in [-0.05, 0) is 12.8 Å². The highest BCUT2D eigenvalue weighted by Crippen LogP contribution is 2.11. The molecule has 0 aromatic heterocycles. The van der Waals surface area contributed by atoms with Crippen molar-refractivity contribution < 1.29 is 21.6 Å². The Morgan fingerprint density at radius 1 is 0.696 bits per heavy atom. The van der Waals surface area contributed by atoms with Crippen LogP contribution in [-0.4, -0.2) is 37.5 Å². The van der Waals surface area contributed by atoms with E-state index in [1.165, 1.54) is 0 Å². The topological polar surface area (TPSA) is 105 Å². The van der Waals surface area contributed by atoms with E-state index in [-0.39, 0.29) is 11.5 Å². The van der Waals surface area contributed by atoms with Crippen molar-refractivity contribution in [1.82, 2.24) is 0 Å². The van der Waals surface area contributed by atoms with Crippen LogP contribution in [-0.2, 0) is 19.7 Å². The first-order valence-corrected chi connectivity index (χ1v) is 11.8. The Bertz CT molecular complexity index is 531. The van der Waals surface area contributed by atoms with Gasteiger partial charge < -0.3 is 5.53 Å². The highest BCUT2D eigenvalue weighted by molar-refractivity contribution is 8.31. The van der Waals surface area contributed by atoms with Crippen molar-refractivity contribution in [2.24, 2.45) is 0 Å². The number of hydrogen-bond donors (Lipinski definition) is 0. The van der Waals surface area contributed by atoms with Crippen molar-refractivity contribution in [3.05, 3.63) is 5.53 Å². The lowest BCUT2D eigenvalue weighted by Gasteiger charge is -2.03. The molecule has 0 aliphatic carbocycles. The van der Waals surface area contributed by atoms with Gasteiger partial charge in [-0.1, -0.05) is 65.2 Å². The van der Waals surface area contributed by atoms with Gasteiger partial charge in [-0.25, -0.2) is 16.8 Å². The zero-order chi connectivity index (χ0) is 17.8. The summed E-state index contributed by atoms with van der Waals surface area (Å²) < 4.78 is 47.4. The summed E-state index contributed by atoms with van der Waals surface area (Å²) in [5, 5.41) is 0. The van der Waals surface area contributed by atoms with Crippen molar-refractivity contribution in [2.75, 3.05) is 11.5 Å². The molecule has 0 N–H and O–H groups in total. The third-order valence-electron chi connectivity index (χ3n) is 3.65. The summed E-state index contributed by atoms with van der Waals surface area (Å²) in [6.07, 6.45) is 8.19. The molecule has 0 amide bonds. The zero-order valence-corrected chi connectivity index (χ0v) is 16.0. The first-order chi connectivity index (χ1) is 10.8. The summed E-state index contributed by atoms with van der Waals surface area (Å²) in [5.74, 6) is -0.573. The van der Waals surface area contributed by atoms with Gasteiger partial charge in [0.2, 0.25) is 0 Å². The van der Waals surface area contributed by atoms with Gasteiger partial charge in [-0.15, -0.1) is 4.79 Å². The van der Waals surface area contributed by atoms with Crippen molar-refractivity contribution in [2.45, 2.75) is 78.1 Å². The molecular formula is C15H30N2O4S2. The van der Waals surface area contributed by atoms with Crippen LogP contribution in [0.4, 0.5) is 0 Å². The monoisotopic (exact) mass is 366 g/mol. The lowest BCUT2D eigenvalue weighted by atomic mass is 10.2. The lowest BCUT2D eigenvalue weighted by Crippen LogP contribution is -2.30. The van der Waals surface area contributed by atoms with Gasteiger partial charge in [0.1, 0.15) is 0 Å². The molecule has 0 spiro atoms. The molecule has 0 aromatic rings.